The van der Waals surface area contributed by atoms with Crippen LogP contribution in [0.25, 0.3) is 0 Å². The number of aromatic amines is 1. The maximum Gasteiger partial charge on any atom is 0.427 e. The molecule has 0 saturated heterocycles. The lowest BCUT2D eigenvalue weighted by molar-refractivity contribution is -0.735. The summed E-state index contributed by atoms with van der Waals surface area (Å²) in [6, 6.07) is 16.5. The molecule has 0 amide bonds. The number of hydrogen-bond donors (Lipinski definition) is 1. The van der Waals surface area contributed by atoms with Crippen LogP contribution < -0.4 is 20.1 Å². The summed E-state index contributed by atoms with van der Waals surface area (Å²) in [7, 11) is 3.15. The molecule has 0 atom stereocenters. The maximum absolute atomic E-state index is 12.5. The van der Waals surface area contributed by atoms with Crippen LogP contribution in [0.4, 0.5) is 0 Å². The van der Waals surface area contributed by atoms with E-state index >= 15 is 0 Å². The minimum absolute atomic E-state index is 0.0854. The first kappa shape index (κ1) is 18.1. The molecule has 0 radical (unpaired) electrons. The average Bonchev–Trinajstić information content (AvgIpc) is 2.99. The van der Waals surface area contributed by atoms with E-state index in [9.17, 15) is 9.90 Å². The summed E-state index contributed by atoms with van der Waals surface area (Å²) in [4.78, 5) is 17.4. The van der Waals surface area contributed by atoms with E-state index in [2.05, 4.69) is 15.3 Å². The molecule has 0 bridgehead atoms. The Balaban J connectivity index is 1.81. The first-order valence-electron chi connectivity index (χ1n) is 8.23. The van der Waals surface area contributed by atoms with Crippen LogP contribution in [0, 0.1) is 0 Å². The van der Waals surface area contributed by atoms with Crippen LogP contribution in [-0.4, -0.2) is 29.2 Å². The van der Waals surface area contributed by atoms with Crippen molar-refractivity contribution in [3.8, 4) is 5.75 Å². The number of H-pyrrole nitrogens is 1. The number of benzene rings is 2. The first-order valence-corrected chi connectivity index (χ1v) is 8.23. The second-order valence-corrected chi connectivity index (χ2v) is 5.75. The molecule has 1 aromatic heterocycles. The highest BCUT2D eigenvalue weighted by atomic mass is 16.5. The van der Waals surface area contributed by atoms with E-state index in [4.69, 9.17) is 4.74 Å². The smallest absolute Gasteiger partial charge is 0.427 e. The van der Waals surface area contributed by atoms with Crippen LogP contribution in [-0.2, 0) is 13.6 Å². The molecule has 8 heteroatoms. The fourth-order valence-corrected chi connectivity index (χ4v) is 2.43. The lowest BCUT2D eigenvalue weighted by Crippen LogP contribution is -2.43. The molecule has 0 aliphatic carbocycles. The van der Waals surface area contributed by atoms with Crippen molar-refractivity contribution >= 4 is 12.1 Å². The summed E-state index contributed by atoms with van der Waals surface area (Å²) < 4.78 is 6.40. The van der Waals surface area contributed by atoms with E-state index in [1.165, 1.54) is 10.9 Å². The van der Waals surface area contributed by atoms with Gasteiger partial charge in [0.25, 0.3) is 0 Å². The lowest BCUT2D eigenvalue weighted by Gasteiger charge is -2.05. The van der Waals surface area contributed by atoms with E-state index in [1.807, 2.05) is 30.3 Å². The predicted octanol–water partition coefficient (Wildman–Crippen LogP) is 0.199. The largest absolute Gasteiger partial charge is 0.856 e. The van der Waals surface area contributed by atoms with Gasteiger partial charge in [-0.3, -0.25) is 4.99 Å². The van der Waals surface area contributed by atoms with Crippen molar-refractivity contribution in [2.45, 2.75) is 6.54 Å². The van der Waals surface area contributed by atoms with Gasteiger partial charge in [0, 0.05) is 10.7 Å². The van der Waals surface area contributed by atoms with Gasteiger partial charge in [0.05, 0.1) is 19.9 Å². The quantitative estimate of drug-likeness (QED) is 0.384. The topological polar surface area (TPSA) is 98.7 Å². The fraction of sp³-hybridized carbons (Fsp3) is 0.158. The number of aromatic nitrogens is 3. The van der Waals surface area contributed by atoms with Crippen LogP contribution in [0.1, 0.15) is 16.8 Å². The zero-order valence-electron chi connectivity index (χ0n) is 15.0. The van der Waals surface area contributed by atoms with Crippen molar-refractivity contribution < 1.29 is 14.5 Å². The summed E-state index contributed by atoms with van der Waals surface area (Å²) in [6.07, 6.45) is 1.51. The molecule has 0 aliphatic rings. The number of nitrogens with one attached hydrogen (secondary N) is 1. The predicted molar refractivity (Wildman–Crippen MR) is 98.9 cm³/mol. The molecular formula is C19H19N5O3. The van der Waals surface area contributed by atoms with Crippen LogP contribution in [0.2, 0.25) is 0 Å². The van der Waals surface area contributed by atoms with Gasteiger partial charge < -0.3 is 9.84 Å². The average molecular weight is 365 g/mol. The molecule has 27 heavy (non-hydrogen) atoms. The second kappa shape index (κ2) is 8.13. The van der Waals surface area contributed by atoms with Crippen molar-refractivity contribution in [2.24, 2.45) is 17.1 Å². The van der Waals surface area contributed by atoms with E-state index in [-0.39, 0.29) is 12.2 Å². The first-order chi connectivity index (χ1) is 13.1. The minimum atomic E-state index is -0.596. The molecule has 0 unspecified atom stereocenters. The SMILES string of the molecule is COc1ccc(/C=N/n2[nH][n+](C)c(C([O-])=NCc3ccccc3)c2=O)cc1. The van der Waals surface area contributed by atoms with Crippen molar-refractivity contribution in [2.75, 3.05) is 7.11 Å². The summed E-state index contributed by atoms with van der Waals surface area (Å²) in [6.45, 7) is 0.208. The lowest BCUT2D eigenvalue weighted by atomic mass is 10.2. The third-order valence-corrected chi connectivity index (χ3v) is 3.86. The second-order valence-electron chi connectivity index (χ2n) is 5.75. The van der Waals surface area contributed by atoms with Gasteiger partial charge in [-0.2, -0.15) is 4.68 Å². The molecular weight excluding hydrogens is 346 g/mol. The van der Waals surface area contributed by atoms with Crippen molar-refractivity contribution in [1.82, 2.24) is 10.0 Å². The summed E-state index contributed by atoms with van der Waals surface area (Å²) in [5.74, 6) is 0.129. The molecule has 3 rings (SSSR count). The number of aryl methyl sites for hydroxylation is 1. The zero-order chi connectivity index (χ0) is 19.2. The van der Waals surface area contributed by atoms with E-state index in [1.54, 1.807) is 38.4 Å². The normalized spacial score (nSPS) is 11.9. The Hall–Kier alpha value is -3.68. The number of aliphatic imine (C=N–C) groups is 1. The summed E-state index contributed by atoms with van der Waals surface area (Å²) in [5, 5.41) is 19.1. The van der Waals surface area contributed by atoms with Crippen LogP contribution in [0.3, 0.4) is 0 Å². The van der Waals surface area contributed by atoms with Crippen molar-refractivity contribution in [3.05, 3.63) is 81.8 Å². The van der Waals surface area contributed by atoms with Gasteiger partial charge in [-0.05, 0) is 35.4 Å². The highest BCUT2D eigenvalue weighted by Gasteiger charge is 2.19. The standard InChI is InChI=1S/C19H19N5O3/c1-23-17(18(25)20-12-14-6-4-3-5-7-14)19(26)24(22-23)21-13-15-8-10-16(27-2)11-9-15/h3-11,13H,12H2,1-2H3,(H-,20,22,25,26)/b21-13+. The summed E-state index contributed by atoms with van der Waals surface area (Å²) in [5.41, 5.74) is 1.02. The van der Waals surface area contributed by atoms with Gasteiger partial charge in [-0.25, -0.2) is 4.79 Å². The molecule has 0 fully saturated rings. The molecule has 0 spiro atoms. The third kappa shape index (κ3) is 4.30. The molecule has 3 aromatic rings. The highest BCUT2D eigenvalue weighted by molar-refractivity contribution is 5.86. The Morgan fingerprint density at radius 3 is 2.59 bits per heavy atom. The van der Waals surface area contributed by atoms with Crippen LogP contribution in [0.5, 0.6) is 5.75 Å². The number of methoxy groups -OCH3 is 1. The van der Waals surface area contributed by atoms with Gasteiger partial charge in [-0.15, -0.1) is 0 Å². The number of ether oxygens (including phenoxy) is 1. The Morgan fingerprint density at radius 1 is 1.22 bits per heavy atom. The van der Waals surface area contributed by atoms with Gasteiger partial charge >= 0.3 is 5.56 Å². The Bertz CT molecular complexity index is 1020. The van der Waals surface area contributed by atoms with E-state index in [0.717, 1.165) is 21.7 Å². The highest BCUT2D eigenvalue weighted by Crippen LogP contribution is 2.09. The van der Waals surface area contributed by atoms with Gasteiger partial charge in [-0.1, -0.05) is 40.6 Å². The van der Waals surface area contributed by atoms with Crippen molar-refractivity contribution in [3.63, 3.8) is 0 Å². The molecule has 0 aliphatic heterocycles. The van der Waals surface area contributed by atoms with Gasteiger partial charge in [0.15, 0.2) is 0 Å². The Labute approximate surface area is 155 Å². The molecule has 138 valence electrons. The third-order valence-electron chi connectivity index (χ3n) is 3.86. The van der Waals surface area contributed by atoms with E-state index in [0.29, 0.717) is 0 Å². The Kier molecular flexibility index (Phi) is 5.46. The molecule has 0 saturated carbocycles. The number of rotatable bonds is 6. The monoisotopic (exact) mass is 365 g/mol. The zero-order valence-corrected chi connectivity index (χ0v) is 15.0. The number of nitrogens with zero attached hydrogens (tertiary/aromatic N) is 4. The number of hydrogen-bond acceptors (Lipinski definition) is 5. The molecule has 1 N–H and O–H groups in total. The minimum Gasteiger partial charge on any atom is -0.856 e. The maximum atomic E-state index is 12.5. The van der Waals surface area contributed by atoms with E-state index < -0.39 is 11.5 Å². The summed E-state index contributed by atoms with van der Waals surface area (Å²) >= 11 is 0. The molecule has 1 heterocycles. The van der Waals surface area contributed by atoms with Crippen molar-refractivity contribution in [1.29, 1.82) is 0 Å². The fourth-order valence-electron chi connectivity index (χ4n) is 2.43. The van der Waals surface area contributed by atoms with Crippen LogP contribution >= 0.6 is 0 Å². The molecule has 8 nitrogen and oxygen atoms in total. The van der Waals surface area contributed by atoms with Gasteiger partial charge in [0.1, 0.15) is 12.8 Å². The molecule has 2 aromatic carbocycles. The Morgan fingerprint density at radius 2 is 1.93 bits per heavy atom. The van der Waals surface area contributed by atoms with Crippen LogP contribution in [0.15, 0.2) is 69.5 Å². The van der Waals surface area contributed by atoms with Gasteiger partial charge in [0.2, 0.25) is 5.69 Å².